The number of halogens is 4. The Labute approximate surface area is 203 Å². The van der Waals surface area contributed by atoms with E-state index in [0.717, 1.165) is 12.1 Å². The van der Waals surface area contributed by atoms with Gasteiger partial charge in [0.25, 0.3) is 5.91 Å². The standard InChI is InChI=1S/C24H19F4N3O4S/c1-2-15-11-17(30-23(32)16-3-8-22-29-9-10-31(22)13-16)4-7-21(15)36(33,34)18-5-6-20(19(25)12-18)35-14-24(26,27)28/h3-13H,2,14H2,1H3,(H,30,32). The molecule has 0 radical (unpaired) electrons. The fourth-order valence-electron chi connectivity index (χ4n) is 3.51. The highest BCUT2D eigenvalue weighted by Gasteiger charge is 2.29. The number of rotatable bonds is 7. The van der Waals surface area contributed by atoms with E-state index in [-0.39, 0.29) is 11.3 Å². The van der Waals surface area contributed by atoms with Gasteiger partial charge in [0.15, 0.2) is 18.2 Å². The Morgan fingerprint density at radius 2 is 1.89 bits per heavy atom. The lowest BCUT2D eigenvalue weighted by Crippen LogP contribution is -2.19. The Balaban J connectivity index is 1.57. The van der Waals surface area contributed by atoms with Crippen LogP contribution in [-0.2, 0) is 16.3 Å². The zero-order valence-electron chi connectivity index (χ0n) is 18.7. The molecule has 4 aromatic rings. The molecule has 0 fully saturated rings. The lowest BCUT2D eigenvalue weighted by molar-refractivity contribution is -0.153. The van der Waals surface area contributed by atoms with Crippen LogP contribution in [0.4, 0.5) is 23.2 Å². The van der Waals surface area contributed by atoms with Crippen molar-refractivity contribution in [2.24, 2.45) is 0 Å². The number of carbonyl (C=O) groups is 1. The van der Waals surface area contributed by atoms with Crippen molar-refractivity contribution in [1.82, 2.24) is 9.38 Å². The fourth-order valence-corrected chi connectivity index (χ4v) is 5.06. The van der Waals surface area contributed by atoms with Crippen LogP contribution in [-0.4, -0.2) is 36.5 Å². The lowest BCUT2D eigenvalue weighted by atomic mass is 10.1. The van der Waals surface area contributed by atoms with E-state index < -0.39 is 45.0 Å². The Kier molecular flexibility index (Phi) is 6.72. The van der Waals surface area contributed by atoms with Crippen LogP contribution in [0.15, 0.2) is 76.9 Å². The number of ether oxygens (including phenoxy) is 1. The van der Waals surface area contributed by atoms with E-state index in [4.69, 9.17) is 0 Å². The second-order valence-electron chi connectivity index (χ2n) is 7.74. The predicted octanol–water partition coefficient (Wildman–Crippen LogP) is 5.06. The second-order valence-corrected chi connectivity index (χ2v) is 9.66. The summed E-state index contributed by atoms with van der Waals surface area (Å²) in [6.45, 7) is 0.000939. The molecule has 1 N–H and O–H groups in total. The largest absolute Gasteiger partial charge is 0.481 e. The molecule has 36 heavy (non-hydrogen) atoms. The predicted molar refractivity (Wildman–Crippen MR) is 122 cm³/mol. The van der Waals surface area contributed by atoms with Gasteiger partial charge >= 0.3 is 6.18 Å². The van der Waals surface area contributed by atoms with Gasteiger partial charge in [0, 0.05) is 24.3 Å². The van der Waals surface area contributed by atoms with Gasteiger partial charge < -0.3 is 14.5 Å². The topological polar surface area (TPSA) is 89.8 Å². The molecule has 4 rings (SSSR count). The fraction of sp³-hybridized carbons (Fsp3) is 0.167. The Morgan fingerprint density at radius 1 is 1.11 bits per heavy atom. The molecule has 0 unspecified atom stereocenters. The first-order valence-electron chi connectivity index (χ1n) is 10.6. The molecule has 0 aliphatic carbocycles. The van der Waals surface area contributed by atoms with E-state index in [0.29, 0.717) is 28.5 Å². The monoisotopic (exact) mass is 521 g/mol. The summed E-state index contributed by atoms with van der Waals surface area (Å²) in [7, 11) is -4.22. The highest BCUT2D eigenvalue weighted by molar-refractivity contribution is 7.91. The number of sulfone groups is 1. The number of nitrogens with zero attached hydrogens (tertiary/aromatic N) is 2. The average molecular weight is 521 g/mol. The summed E-state index contributed by atoms with van der Waals surface area (Å²) in [6, 6.07) is 9.90. The van der Waals surface area contributed by atoms with E-state index in [1.807, 2.05) is 0 Å². The van der Waals surface area contributed by atoms with Gasteiger partial charge in [0.2, 0.25) is 9.84 Å². The van der Waals surface area contributed by atoms with Crippen molar-refractivity contribution >= 4 is 27.1 Å². The van der Waals surface area contributed by atoms with E-state index in [2.05, 4.69) is 15.0 Å². The molecular formula is C24H19F4N3O4S. The molecule has 0 aliphatic rings. The first kappa shape index (κ1) is 25.2. The molecule has 2 heterocycles. The number of aryl methyl sites for hydroxylation is 1. The molecular weight excluding hydrogens is 502 g/mol. The third kappa shape index (κ3) is 5.33. The molecule has 0 saturated heterocycles. The minimum atomic E-state index is -4.67. The van der Waals surface area contributed by atoms with Crippen LogP contribution in [0.5, 0.6) is 5.75 Å². The number of carbonyl (C=O) groups excluding carboxylic acids is 1. The number of anilines is 1. The highest BCUT2D eigenvalue weighted by atomic mass is 32.2. The summed E-state index contributed by atoms with van der Waals surface area (Å²) in [5, 5.41) is 2.72. The summed E-state index contributed by atoms with van der Waals surface area (Å²) in [5.41, 5.74) is 1.74. The van der Waals surface area contributed by atoms with E-state index in [9.17, 15) is 30.8 Å². The van der Waals surface area contributed by atoms with Gasteiger partial charge in [-0.15, -0.1) is 0 Å². The number of hydrogen-bond donors (Lipinski definition) is 1. The van der Waals surface area contributed by atoms with Crippen LogP contribution >= 0.6 is 0 Å². The number of benzene rings is 2. The molecule has 7 nitrogen and oxygen atoms in total. The summed E-state index contributed by atoms with van der Waals surface area (Å²) in [4.78, 5) is 16.2. The minimum absolute atomic E-state index is 0.119. The SMILES string of the molecule is CCc1cc(NC(=O)c2ccc3nccn3c2)ccc1S(=O)(=O)c1ccc(OCC(F)(F)F)c(F)c1. The number of amides is 1. The van der Waals surface area contributed by atoms with Crippen molar-refractivity contribution in [2.45, 2.75) is 29.3 Å². The lowest BCUT2D eigenvalue weighted by Gasteiger charge is -2.14. The van der Waals surface area contributed by atoms with Crippen molar-refractivity contribution in [1.29, 1.82) is 0 Å². The minimum Gasteiger partial charge on any atom is -0.481 e. The van der Waals surface area contributed by atoms with Crippen LogP contribution < -0.4 is 10.1 Å². The van der Waals surface area contributed by atoms with E-state index in [1.54, 1.807) is 42.0 Å². The first-order chi connectivity index (χ1) is 17.0. The van der Waals surface area contributed by atoms with Crippen LogP contribution in [0.1, 0.15) is 22.8 Å². The molecule has 0 bridgehead atoms. The van der Waals surface area contributed by atoms with Crippen LogP contribution in [0.25, 0.3) is 5.65 Å². The van der Waals surface area contributed by atoms with Crippen LogP contribution in [0.2, 0.25) is 0 Å². The highest BCUT2D eigenvalue weighted by Crippen LogP contribution is 2.30. The molecule has 0 atom stereocenters. The van der Waals surface area contributed by atoms with Gasteiger partial charge in [-0.05, 0) is 60.5 Å². The zero-order chi connectivity index (χ0) is 26.1. The number of hydrogen-bond acceptors (Lipinski definition) is 5. The van der Waals surface area contributed by atoms with Gasteiger partial charge in [-0.1, -0.05) is 6.92 Å². The van der Waals surface area contributed by atoms with Gasteiger partial charge in [0.1, 0.15) is 5.65 Å². The number of aromatic nitrogens is 2. The zero-order valence-corrected chi connectivity index (χ0v) is 19.5. The summed E-state index contributed by atoms with van der Waals surface area (Å²) < 4.78 is 83.7. The molecule has 0 spiro atoms. The molecule has 2 aromatic heterocycles. The second kappa shape index (κ2) is 9.61. The first-order valence-corrected chi connectivity index (χ1v) is 12.1. The van der Waals surface area contributed by atoms with Crippen molar-refractivity contribution in [3.05, 3.63) is 84.1 Å². The molecule has 0 aliphatic heterocycles. The van der Waals surface area contributed by atoms with Crippen molar-refractivity contribution in [2.75, 3.05) is 11.9 Å². The number of pyridine rings is 1. The maximum Gasteiger partial charge on any atom is 0.422 e. The number of fused-ring (bicyclic) bond motifs is 1. The summed E-state index contributed by atoms with van der Waals surface area (Å²) >= 11 is 0. The molecule has 0 saturated carbocycles. The number of imidazole rings is 1. The molecule has 12 heteroatoms. The van der Waals surface area contributed by atoms with Gasteiger partial charge in [-0.25, -0.2) is 17.8 Å². The maximum absolute atomic E-state index is 14.3. The Morgan fingerprint density at radius 3 is 2.58 bits per heavy atom. The van der Waals surface area contributed by atoms with Gasteiger partial charge in [-0.2, -0.15) is 13.2 Å². The summed E-state index contributed by atoms with van der Waals surface area (Å²) in [6.07, 6.45) is 0.496. The number of alkyl halides is 3. The summed E-state index contributed by atoms with van der Waals surface area (Å²) in [5.74, 6) is -2.37. The normalized spacial score (nSPS) is 12.0. The van der Waals surface area contributed by atoms with E-state index >= 15 is 0 Å². The van der Waals surface area contributed by atoms with Gasteiger partial charge in [0.05, 0.1) is 15.4 Å². The third-order valence-electron chi connectivity index (χ3n) is 5.24. The Bertz CT molecular complexity index is 1550. The number of nitrogens with one attached hydrogen (secondary N) is 1. The van der Waals surface area contributed by atoms with Crippen LogP contribution in [0.3, 0.4) is 0 Å². The third-order valence-corrected chi connectivity index (χ3v) is 7.10. The molecule has 2 aromatic carbocycles. The Hall–Kier alpha value is -3.93. The van der Waals surface area contributed by atoms with Crippen molar-refractivity contribution in [3.63, 3.8) is 0 Å². The molecule has 1 amide bonds. The quantitative estimate of drug-likeness (QED) is 0.344. The average Bonchev–Trinajstić information content (AvgIpc) is 3.30. The molecule has 188 valence electrons. The van der Waals surface area contributed by atoms with Crippen molar-refractivity contribution < 1.29 is 35.5 Å². The smallest absolute Gasteiger partial charge is 0.422 e. The van der Waals surface area contributed by atoms with E-state index in [1.165, 1.54) is 18.2 Å². The van der Waals surface area contributed by atoms with Crippen LogP contribution in [0, 0.1) is 5.82 Å². The maximum atomic E-state index is 14.3. The van der Waals surface area contributed by atoms with Gasteiger partial charge in [-0.3, -0.25) is 4.79 Å². The van der Waals surface area contributed by atoms with Crippen molar-refractivity contribution in [3.8, 4) is 5.75 Å².